The molecule has 1 aromatic carbocycles. The largest absolute Gasteiger partial charge is 0.482 e. The predicted octanol–water partition coefficient (Wildman–Crippen LogP) is 0.152. The molecule has 4 N–H and O–H groups in total. The van der Waals surface area contributed by atoms with Gasteiger partial charge in [0.25, 0.3) is 0 Å². The van der Waals surface area contributed by atoms with E-state index in [-0.39, 0.29) is 0 Å². The molecule has 0 aliphatic heterocycles. The van der Waals surface area contributed by atoms with Crippen LogP contribution in [0.5, 0.6) is 5.75 Å². The van der Waals surface area contributed by atoms with Crippen LogP contribution in [0.15, 0.2) is 29.4 Å². The predicted molar refractivity (Wildman–Crippen MR) is 59.9 cm³/mol. The van der Waals surface area contributed by atoms with Gasteiger partial charge in [0.05, 0.1) is 6.21 Å². The molecule has 0 aliphatic rings. The summed E-state index contributed by atoms with van der Waals surface area (Å²) in [7, 11) is 0. The Morgan fingerprint density at radius 1 is 1.41 bits per heavy atom. The third kappa shape index (κ3) is 5.17. The Balaban J connectivity index is 2.52. The Bertz CT molecular complexity index is 428. The maximum atomic E-state index is 10.3. The van der Waals surface area contributed by atoms with E-state index in [1.54, 1.807) is 24.3 Å². The highest BCUT2D eigenvalue weighted by atomic mass is 16.5. The number of rotatable bonds is 5. The molecule has 0 heterocycles. The number of carbonyl (C=O) groups excluding carboxylic acids is 1. The van der Waals surface area contributed by atoms with Crippen LogP contribution in [0.3, 0.4) is 0 Å². The van der Waals surface area contributed by atoms with E-state index in [1.165, 1.54) is 6.21 Å². The summed E-state index contributed by atoms with van der Waals surface area (Å²) in [5.74, 6) is -0.603. The van der Waals surface area contributed by atoms with Crippen molar-refractivity contribution in [3.05, 3.63) is 29.8 Å². The second-order valence-electron chi connectivity index (χ2n) is 2.99. The summed E-state index contributed by atoms with van der Waals surface area (Å²) in [4.78, 5) is 20.6. The molecule has 0 spiro atoms. The number of ether oxygens (including phenoxy) is 1. The van der Waals surface area contributed by atoms with Crippen LogP contribution in [0.4, 0.5) is 4.79 Å². The molecule has 90 valence electrons. The molecule has 0 atom stereocenters. The Hall–Kier alpha value is -2.57. The van der Waals surface area contributed by atoms with E-state index in [2.05, 4.69) is 5.10 Å². The molecule has 0 unspecified atom stereocenters. The van der Waals surface area contributed by atoms with Crippen LogP contribution >= 0.6 is 0 Å². The lowest BCUT2D eigenvalue weighted by Gasteiger charge is -2.02. The first-order valence-corrected chi connectivity index (χ1v) is 4.61. The lowest BCUT2D eigenvalue weighted by atomic mass is 10.2. The van der Waals surface area contributed by atoms with Crippen LogP contribution < -0.4 is 15.9 Å². The minimum atomic E-state index is -1.04. The summed E-state index contributed by atoms with van der Waals surface area (Å²) in [6.07, 6.45) is 1.39. The van der Waals surface area contributed by atoms with Crippen molar-refractivity contribution >= 4 is 18.2 Å². The number of primary amides is 1. The number of benzene rings is 1. The van der Waals surface area contributed by atoms with Crippen molar-refractivity contribution in [2.75, 3.05) is 6.61 Å². The van der Waals surface area contributed by atoms with Crippen LogP contribution in [0, 0.1) is 0 Å². The van der Waals surface area contributed by atoms with Crippen molar-refractivity contribution in [2.45, 2.75) is 0 Å². The highest BCUT2D eigenvalue weighted by molar-refractivity contribution is 5.81. The molecule has 0 bridgehead atoms. The highest BCUT2D eigenvalue weighted by Gasteiger charge is 1.98. The van der Waals surface area contributed by atoms with Crippen molar-refractivity contribution in [3.63, 3.8) is 0 Å². The van der Waals surface area contributed by atoms with E-state index in [9.17, 15) is 9.59 Å². The lowest BCUT2D eigenvalue weighted by Crippen LogP contribution is -2.24. The van der Waals surface area contributed by atoms with Crippen LogP contribution in [0.25, 0.3) is 0 Å². The summed E-state index contributed by atoms with van der Waals surface area (Å²) in [5, 5.41) is 12.0. The zero-order valence-electron chi connectivity index (χ0n) is 8.79. The summed E-state index contributed by atoms with van der Waals surface area (Å²) < 4.78 is 4.93. The minimum Gasteiger partial charge on any atom is -0.482 e. The fourth-order valence-electron chi connectivity index (χ4n) is 0.966. The van der Waals surface area contributed by atoms with Gasteiger partial charge in [-0.1, -0.05) is 0 Å². The summed E-state index contributed by atoms with van der Waals surface area (Å²) in [6, 6.07) is 5.75. The van der Waals surface area contributed by atoms with Crippen molar-refractivity contribution in [1.29, 1.82) is 0 Å². The minimum absolute atomic E-state index is 0.392. The number of carboxylic acids is 1. The average Bonchev–Trinajstić information content (AvgIpc) is 2.27. The number of nitrogens with two attached hydrogens (primary N) is 1. The van der Waals surface area contributed by atoms with Gasteiger partial charge in [-0.05, 0) is 29.8 Å². The fraction of sp³-hybridized carbons (Fsp3) is 0.100. The molecule has 1 aromatic rings. The van der Waals surface area contributed by atoms with E-state index in [0.29, 0.717) is 11.3 Å². The average molecular weight is 237 g/mol. The van der Waals surface area contributed by atoms with Crippen LogP contribution in [-0.4, -0.2) is 29.9 Å². The SMILES string of the molecule is NC(=O)N/N=C/c1ccc(OCC(=O)O)cc1. The number of hydrazone groups is 1. The van der Waals surface area contributed by atoms with Crippen molar-refractivity contribution < 1.29 is 19.4 Å². The molecule has 0 saturated heterocycles. The van der Waals surface area contributed by atoms with Gasteiger partial charge in [-0.25, -0.2) is 15.0 Å². The van der Waals surface area contributed by atoms with E-state index < -0.39 is 18.6 Å². The van der Waals surface area contributed by atoms with Crippen LogP contribution in [0.1, 0.15) is 5.56 Å². The quantitative estimate of drug-likeness (QED) is 0.499. The van der Waals surface area contributed by atoms with E-state index >= 15 is 0 Å². The van der Waals surface area contributed by atoms with Gasteiger partial charge in [0.15, 0.2) is 6.61 Å². The maximum absolute atomic E-state index is 10.3. The molecule has 7 heteroatoms. The Kier molecular flexibility index (Phi) is 4.49. The molecule has 0 fully saturated rings. The monoisotopic (exact) mass is 237 g/mol. The molecule has 0 saturated carbocycles. The third-order valence-corrected chi connectivity index (χ3v) is 1.63. The Morgan fingerprint density at radius 3 is 2.59 bits per heavy atom. The topological polar surface area (TPSA) is 114 Å². The molecule has 2 amide bonds. The smallest absolute Gasteiger partial charge is 0.341 e. The fourth-order valence-corrected chi connectivity index (χ4v) is 0.966. The highest BCUT2D eigenvalue weighted by Crippen LogP contribution is 2.10. The zero-order chi connectivity index (χ0) is 12.7. The van der Waals surface area contributed by atoms with Gasteiger partial charge in [0.1, 0.15) is 5.75 Å². The van der Waals surface area contributed by atoms with Crippen LogP contribution in [-0.2, 0) is 4.79 Å². The van der Waals surface area contributed by atoms with E-state index in [0.717, 1.165) is 0 Å². The maximum Gasteiger partial charge on any atom is 0.341 e. The molecule has 0 aromatic heterocycles. The Labute approximate surface area is 96.9 Å². The van der Waals surface area contributed by atoms with E-state index in [4.69, 9.17) is 15.6 Å². The van der Waals surface area contributed by atoms with Gasteiger partial charge >= 0.3 is 12.0 Å². The van der Waals surface area contributed by atoms with Gasteiger partial charge in [0, 0.05) is 0 Å². The number of hydrogen-bond donors (Lipinski definition) is 3. The molecule has 7 nitrogen and oxygen atoms in total. The lowest BCUT2D eigenvalue weighted by molar-refractivity contribution is -0.139. The summed E-state index contributed by atoms with van der Waals surface area (Å²) in [6.45, 7) is -0.392. The van der Waals surface area contributed by atoms with Gasteiger partial charge in [0.2, 0.25) is 0 Å². The molecule has 0 radical (unpaired) electrons. The summed E-state index contributed by atoms with van der Waals surface area (Å²) >= 11 is 0. The number of nitrogens with zero attached hydrogens (tertiary/aromatic N) is 1. The number of amides is 2. The van der Waals surface area contributed by atoms with Gasteiger partial charge in [-0.3, -0.25) is 0 Å². The molecule has 1 rings (SSSR count). The Morgan fingerprint density at radius 2 is 2.06 bits per heavy atom. The van der Waals surface area contributed by atoms with Gasteiger partial charge in [-0.15, -0.1) is 0 Å². The molecule has 0 aliphatic carbocycles. The number of carboxylic acid groups (broad SMARTS) is 1. The number of nitrogens with one attached hydrogen (secondary N) is 1. The zero-order valence-corrected chi connectivity index (χ0v) is 8.79. The van der Waals surface area contributed by atoms with Gasteiger partial charge in [-0.2, -0.15) is 5.10 Å². The van der Waals surface area contributed by atoms with Crippen molar-refractivity contribution in [1.82, 2.24) is 5.43 Å². The van der Waals surface area contributed by atoms with E-state index in [1.807, 2.05) is 5.43 Å². The first-order chi connectivity index (χ1) is 8.08. The first kappa shape index (κ1) is 12.5. The second kappa shape index (κ2) is 6.11. The van der Waals surface area contributed by atoms with Crippen molar-refractivity contribution in [2.24, 2.45) is 10.8 Å². The molecule has 17 heavy (non-hydrogen) atoms. The molecular formula is C10H11N3O4. The number of hydrogen-bond acceptors (Lipinski definition) is 4. The number of aliphatic carboxylic acids is 1. The second-order valence-corrected chi connectivity index (χ2v) is 2.99. The normalized spacial score (nSPS) is 10.1. The van der Waals surface area contributed by atoms with Crippen LogP contribution in [0.2, 0.25) is 0 Å². The third-order valence-electron chi connectivity index (χ3n) is 1.63. The molecular weight excluding hydrogens is 226 g/mol. The number of urea groups is 1. The van der Waals surface area contributed by atoms with Crippen molar-refractivity contribution in [3.8, 4) is 5.75 Å². The summed E-state index contributed by atoms with van der Waals surface area (Å²) in [5.41, 5.74) is 7.57. The van der Waals surface area contributed by atoms with Gasteiger partial charge < -0.3 is 15.6 Å². The first-order valence-electron chi connectivity index (χ1n) is 4.61. The standard InChI is InChI=1S/C10H11N3O4/c11-10(16)13-12-5-7-1-3-8(4-2-7)17-6-9(14)15/h1-5H,6H2,(H,14,15)(H3,11,13,16)/b12-5+. The number of carbonyl (C=O) groups is 2.